The fourth-order valence-electron chi connectivity index (χ4n) is 2.40. The minimum Gasteiger partial charge on any atom is -0.382 e. The SMILES string of the molecule is CC(C)CN1CCN(C(=O)c2cnc(N)c(Cl)c2)CC1. The van der Waals surface area contributed by atoms with Crippen LogP contribution in [0.5, 0.6) is 0 Å². The van der Waals surface area contributed by atoms with Crippen LogP contribution in [0, 0.1) is 5.92 Å². The van der Waals surface area contributed by atoms with Gasteiger partial charge in [0.05, 0.1) is 10.6 Å². The molecule has 0 bridgehead atoms. The Hall–Kier alpha value is -1.33. The minimum atomic E-state index is -0.0244. The quantitative estimate of drug-likeness (QED) is 0.923. The number of pyridine rings is 1. The van der Waals surface area contributed by atoms with Crippen LogP contribution in [0.3, 0.4) is 0 Å². The van der Waals surface area contributed by atoms with Crippen molar-refractivity contribution in [2.45, 2.75) is 13.8 Å². The lowest BCUT2D eigenvalue weighted by Crippen LogP contribution is -2.49. The van der Waals surface area contributed by atoms with Crippen LogP contribution in [-0.2, 0) is 0 Å². The molecule has 1 fully saturated rings. The van der Waals surface area contributed by atoms with Crippen molar-refractivity contribution < 1.29 is 4.79 Å². The van der Waals surface area contributed by atoms with Crippen molar-refractivity contribution in [1.29, 1.82) is 0 Å². The molecule has 0 saturated carbocycles. The van der Waals surface area contributed by atoms with E-state index in [2.05, 4.69) is 23.7 Å². The van der Waals surface area contributed by atoms with Crippen molar-refractivity contribution >= 4 is 23.3 Å². The smallest absolute Gasteiger partial charge is 0.255 e. The fraction of sp³-hybridized carbons (Fsp3) is 0.571. The molecule has 20 heavy (non-hydrogen) atoms. The molecule has 2 heterocycles. The van der Waals surface area contributed by atoms with Gasteiger partial charge < -0.3 is 10.6 Å². The van der Waals surface area contributed by atoms with Crippen molar-refractivity contribution in [3.8, 4) is 0 Å². The largest absolute Gasteiger partial charge is 0.382 e. The van der Waals surface area contributed by atoms with Gasteiger partial charge in [-0.2, -0.15) is 0 Å². The average molecular weight is 297 g/mol. The molecule has 1 aliphatic heterocycles. The Kier molecular flexibility index (Phi) is 4.83. The number of carbonyl (C=O) groups excluding carboxylic acids is 1. The van der Waals surface area contributed by atoms with Crippen molar-refractivity contribution in [3.05, 3.63) is 22.8 Å². The normalized spacial score (nSPS) is 16.7. The first-order valence-corrected chi connectivity index (χ1v) is 7.28. The van der Waals surface area contributed by atoms with E-state index in [0.29, 0.717) is 16.5 Å². The predicted molar refractivity (Wildman–Crippen MR) is 80.8 cm³/mol. The Morgan fingerprint density at radius 1 is 1.40 bits per heavy atom. The summed E-state index contributed by atoms with van der Waals surface area (Å²) in [6, 6.07) is 1.59. The second-order valence-corrected chi connectivity index (χ2v) is 5.98. The molecule has 0 aliphatic carbocycles. The third-order valence-corrected chi connectivity index (χ3v) is 3.70. The van der Waals surface area contributed by atoms with Crippen molar-refractivity contribution in [2.75, 3.05) is 38.5 Å². The number of rotatable bonds is 3. The molecular formula is C14H21ClN4O. The van der Waals surface area contributed by atoms with Crippen LogP contribution in [0.2, 0.25) is 5.02 Å². The molecule has 110 valence electrons. The number of amides is 1. The number of piperazine rings is 1. The zero-order valence-corrected chi connectivity index (χ0v) is 12.7. The molecule has 0 atom stereocenters. The van der Waals surface area contributed by atoms with E-state index in [1.165, 1.54) is 6.20 Å². The van der Waals surface area contributed by atoms with Crippen molar-refractivity contribution in [3.63, 3.8) is 0 Å². The summed E-state index contributed by atoms with van der Waals surface area (Å²) >= 11 is 5.91. The van der Waals surface area contributed by atoms with Crippen LogP contribution >= 0.6 is 11.6 Å². The fourth-order valence-corrected chi connectivity index (χ4v) is 2.56. The Morgan fingerprint density at radius 2 is 2.05 bits per heavy atom. The summed E-state index contributed by atoms with van der Waals surface area (Å²) in [6.45, 7) is 8.82. The number of aromatic nitrogens is 1. The summed E-state index contributed by atoms with van der Waals surface area (Å²) < 4.78 is 0. The number of carbonyl (C=O) groups is 1. The number of hydrogen-bond donors (Lipinski definition) is 1. The van der Waals surface area contributed by atoms with Crippen LogP contribution < -0.4 is 5.73 Å². The monoisotopic (exact) mass is 296 g/mol. The van der Waals surface area contributed by atoms with Crippen LogP contribution in [0.25, 0.3) is 0 Å². The molecule has 1 aliphatic rings. The summed E-state index contributed by atoms with van der Waals surface area (Å²) in [4.78, 5) is 20.5. The maximum Gasteiger partial charge on any atom is 0.255 e. The molecule has 1 aromatic heterocycles. The Balaban J connectivity index is 1.96. The average Bonchev–Trinajstić information content (AvgIpc) is 2.41. The third-order valence-electron chi connectivity index (χ3n) is 3.40. The highest BCUT2D eigenvalue weighted by atomic mass is 35.5. The molecule has 1 amide bonds. The molecule has 1 saturated heterocycles. The molecule has 2 rings (SSSR count). The van der Waals surface area contributed by atoms with Gasteiger partial charge >= 0.3 is 0 Å². The second kappa shape index (κ2) is 6.41. The highest BCUT2D eigenvalue weighted by molar-refractivity contribution is 6.33. The number of anilines is 1. The van der Waals surface area contributed by atoms with Gasteiger partial charge in [-0.3, -0.25) is 9.69 Å². The predicted octanol–water partition coefficient (Wildman–Crippen LogP) is 1.73. The summed E-state index contributed by atoms with van der Waals surface area (Å²) in [5, 5.41) is 0.328. The van der Waals surface area contributed by atoms with E-state index in [9.17, 15) is 4.79 Å². The lowest BCUT2D eigenvalue weighted by molar-refractivity contribution is 0.0623. The van der Waals surface area contributed by atoms with Crippen LogP contribution in [0.1, 0.15) is 24.2 Å². The van der Waals surface area contributed by atoms with Gasteiger partial charge in [0.25, 0.3) is 5.91 Å². The van der Waals surface area contributed by atoms with E-state index < -0.39 is 0 Å². The third kappa shape index (κ3) is 3.61. The minimum absolute atomic E-state index is 0.0244. The lowest BCUT2D eigenvalue weighted by Gasteiger charge is -2.35. The van der Waals surface area contributed by atoms with Gasteiger partial charge in [0.1, 0.15) is 5.82 Å². The molecule has 0 radical (unpaired) electrons. The highest BCUT2D eigenvalue weighted by Crippen LogP contribution is 2.18. The Bertz CT molecular complexity index is 484. The van der Waals surface area contributed by atoms with Gasteiger partial charge in [0.15, 0.2) is 0 Å². The number of nitrogen functional groups attached to an aromatic ring is 1. The summed E-state index contributed by atoms with van der Waals surface area (Å²) in [5.41, 5.74) is 6.06. The van der Waals surface area contributed by atoms with Gasteiger partial charge in [0.2, 0.25) is 0 Å². The van der Waals surface area contributed by atoms with Gasteiger partial charge in [-0.1, -0.05) is 25.4 Å². The summed E-state index contributed by atoms with van der Waals surface area (Å²) in [6.07, 6.45) is 1.49. The maximum atomic E-state index is 12.4. The first kappa shape index (κ1) is 15.1. The standard InChI is InChI=1S/C14H21ClN4O/c1-10(2)9-18-3-5-19(6-4-18)14(20)11-7-12(15)13(16)17-8-11/h7-8,10H,3-6,9H2,1-2H3,(H2,16,17). The number of halogens is 1. The van der Waals surface area contributed by atoms with E-state index in [0.717, 1.165) is 32.7 Å². The molecule has 6 heteroatoms. The Morgan fingerprint density at radius 3 is 2.60 bits per heavy atom. The van der Waals surface area contributed by atoms with E-state index in [1.807, 2.05) is 4.90 Å². The summed E-state index contributed by atoms with van der Waals surface area (Å²) in [5.74, 6) is 0.880. The van der Waals surface area contributed by atoms with Crippen LogP contribution in [-0.4, -0.2) is 53.4 Å². The van der Waals surface area contributed by atoms with Crippen molar-refractivity contribution in [2.24, 2.45) is 5.92 Å². The van der Waals surface area contributed by atoms with Gasteiger partial charge in [-0.05, 0) is 12.0 Å². The molecule has 0 spiro atoms. The molecule has 1 aromatic rings. The zero-order chi connectivity index (χ0) is 14.7. The topological polar surface area (TPSA) is 62.5 Å². The highest BCUT2D eigenvalue weighted by Gasteiger charge is 2.22. The Labute approximate surface area is 124 Å². The molecule has 5 nitrogen and oxygen atoms in total. The van der Waals surface area contributed by atoms with E-state index >= 15 is 0 Å². The van der Waals surface area contributed by atoms with E-state index in [-0.39, 0.29) is 11.7 Å². The van der Waals surface area contributed by atoms with E-state index in [1.54, 1.807) is 6.07 Å². The lowest BCUT2D eigenvalue weighted by atomic mass is 10.1. The number of nitrogens with zero attached hydrogens (tertiary/aromatic N) is 3. The van der Waals surface area contributed by atoms with Gasteiger partial charge in [0, 0.05) is 38.9 Å². The molecule has 0 aromatic carbocycles. The van der Waals surface area contributed by atoms with Crippen LogP contribution in [0.15, 0.2) is 12.3 Å². The maximum absolute atomic E-state index is 12.4. The summed E-state index contributed by atoms with van der Waals surface area (Å²) in [7, 11) is 0. The first-order valence-electron chi connectivity index (χ1n) is 6.90. The van der Waals surface area contributed by atoms with E-state index in [4.69, 9.17) is 17.3 Å². The molecule has 2 N–H and O–H groups in total. The van der Waals surface area contributed by atoms with Gasteiger partial charge in [-0.15, -0.1) is 0 Å². The number of nitrogens with two attached hydrogens (primary N) is 1. The van der Waals surface area contributed by atoms with Crippen LogP contribution in [0.4, 0.5) is 5.82 Å². The van der Waals surface area contributed by atoms with Gasteiger partial charge in [-0.25, -0.2) is 4.98 Å². The second-order valence-electron chi connectivity index (χ2n) is 5.58. The van der Waals surface area contributed by atoms with Crippen molar-refractivity contribution in [1.82, 2.24) is 14.8 Å². The zero-order valence-electron chi connectivity index (χ0n) is 12.0. The molecule has 0 unspecified atom stereocenters. The number of hydrogen-bond acceptors (Lipinski definition) is 4. The molecular weight excluding hydrogens is 276 g/mol. The first-order chi connectivity index (χ1) is 9.47.